The SMILES string of the molecule is C(#Cc1c(C2=CCCCC2)nnn1Cc1ccccc1)c1ccccc1. The van der Waals surface area contributed by atoms with Gasteiger partial charge in [-0.15, -0.1) is 5.10 Å². The first kappa shape index (κ1) is 16.4. The van der Waals surface area contributed by atoms with E-state index in [1.54, 1.807) is 0 Å². The highest BCUT2D eigenvalue weighted by Gasteiger charge is 2.17. The molecule has 3 aromatic rings. The Morgan fingerprint density at radius 2 is 1.65 bits per heavy atom. The standard InChI is InChI=1S/C23H21N3/c1-4-10-19(11-5-1)16-17-22-23(21-14-8-3-9-15-21)24-25-26(22)18-20-12-6-2-7-13-20/h1-2,4-7,10-14H,3,8-9,15,18H2. The first-order valence-electron chi connectivity index (χ1n) is 9.14. The van der Waals surface area contributed by atoms with Crippen molar-refractivity contribution in [3.63, 3.8) is 0 Å². The summed E-state index contributed by atoms with van der Waals surface area (Å²) in [6, 6.07) is 20.4. The number of hydrogen-bond acceptors (Lipinski definition) is 2. The molecule has 0 N–H and O–H groups in total. The molecular formula is C23H21N3. The maximum absolute atomic E-state index is 4.49. The molecule has 26 heavy (non-hydrogen) atoms. The van der Waals surface area contributed by atoms with Crippen molar-refractivity contribution >= 4 is 5.57 Å². The van der Waals surface area contributed by atoms with Crippen LogP contribution in [0.4, 0.5) is 0 Å². The molecule has 0 bridgehead atoms. The van der Waals surface area contributed by atoms with Crippen LogP contribution in [0, 0.1) is 11.8 Å². The summed E-state index contributed by atoms with van der Waals surface area (Å²) in [6.45, 7) is 0.680. The van der Waals surface area contributed by atoms with Gasteiger partial charge in [-0.1, -0.05) is 65.7 Å². The minimum atomic E-state index is 0.680. The molecule has 0 saturated heterocycles. The Morgan fingerprint density at radius 1 is 0.885 bits per heavy atom. The number of rotatable bonds is 3. The van der Waals surface area contributed by atoms with Gasteiger partial charge in [0.25, 0.3) is 0 Å². The van der Waals surface area contributed by atoms with Gasteiger partial charge in [-0.05, 0) is 54.9 Å². The molecule has 0 atom stereocenters. The molecule has 3 nitrogen and oxygen atoms in total. The molecule has 0 spiro atoms. The van der Waals surface area contributed by atoms with Gasteiger partial charge in [-0.3, -0.25) is 0 Å². The topological polar surface area (TPSA) is 30.7 Å². The molecule has 3 heteroatoms. The largest absolute Gasteiger partial charge is 0.232 e. The van der Waals surface area contributed by atoms with Gasteiger partial charge in [0.15, 0.2) is 0 Å². The summed E-state index contributed by atoms with van der Waals surface area (Å²) < 4.78 is 1.93. The number of allylic oxidation sites excluding steroid dienone is 2. The zero-order valence-corrected chi connectivity index (χ0v) is 14.7. The quantitative estimate of drug-likeness (QED) is 0.649. The lowest BCUT2D eigenvalue weighted by Gasteiger charge is -2.10. The second-order valence-corrected chi connectivity index (χ2v) is 6.52. The number of nitrogens with zero attached hydrogens (tertiary/aromatic N) is 3. The highest BCUT2D eigenvalue weighted by Crippen LogP contribution is 2.27. The van der Waals surface area contributed by atoms with E-state index >= 15 is 0 Å². The normalized spacial score (nSPS) is 13.6. The summed E-state index contributed by atoms with van der Waals surface area (Å²) in [5, 5.41) is 8.91. The molecule has 128 valence electrons. The van der Waals surface area contributed by atoms with Crippen molar-refractivity contribution in [2.75, 3.05) is 0 Å². The lowest BCUT2D eigenvalue weighted by atomic mass is 9.96. The Bertz CT molecular complexity index is 957. The Labute approximate surface area is 154 Å². The van der Waals surface area contributed by atoms with Crippen molar-refractivity contribution in [2.24, 2.45) is 0 Å². The number of hydrogen-bond donors (Lipinski definition) is 0. The van der Waals surface area contributed by atoms with Crippen LogP contribution in [0.3, 0.4) is 0 Å². The van der Waals surface area contributed by atoms with Gasteiger partial charge in [0.05, 0.1) is 6.54 Å². The van der Waals surface area contributed by atoms with Crippen molar-refractivity contribution in [2.45, 2.75) is 32.2 Å². The number of benzene rings is 2. The molecule has 0 fully saturated rings. The van der Waals surface area contributed by atoms with Crippen LogP contribution in [0.2, 0.25) is 0 Å². The minimum absolute atomic E-state index is 0.680. The first-order chi connectivity index (χ1) is 12.9. The minimum Gasteiger partial charge on any atom is -0.232 e. The summed E-state index contributed by atoms with van der Waals surface area (Å²) in [6.07, 6.45) is 6.94. The zero-order valence-electron chi connectivity index (χ0n) is 14.7. The average molecular weight is 339 g/mol. The second kappa shape index (κ2) is 7.84. The summed E-state index contributed by atoms with van der Waals surface area (Å²) in [7, 11) is 0. The molecule has 1 heterocycles. The fourth-order valence-electron chi connectivity index (χ4n) is 3.23. The molecule has 1 aliphatic rings. The molecule has 0 radical (unpaired) electrons. The lowest BCUT2D eigenvalue weighted by Crippen LogP contribution is -2.05. The van der Waals surface area contributed by atoms with Crippen LogP contribution >= 0.6 is 0 Å². The molecule has 4 rings (SSSR count). The third kappa shape index (κ3) is 3.75. The molecular weight excluding hydrogens is 318 g/mol. The van der Waals surface area contributed by atoms with E-state index in [1.165, 1.54) is 24.0 Å². The Morgan fingerprint density at radius 3 is 2.38 bits per heavy atom. The predicted molar refractivity (Wildman–Crippen MR) is 104 cm³/mol. The van der Waals surface area contributed by atoms with E-state index in [2.05, 4.69) is 40.4 Å². The lowest BCUT2D eigenvalue weighted by molar-refractivity contribution is 0.643. The van der Waals surface area contributed by atoms with Gasteiger partial charge in [0.1, 0.15) is 11.4 Å². The zero-order chi connectivity index (χ0) is 17.6. The monoisotopic (exact) mass is 339 g/mol. The van der Waals surface area contributed by atoms with Crippen LogP contribution in [0.25, 0.3) is 5.57 Å². The van der Waals surface area contributed by atoms with E-state index < -0.39 is 0 Å². The van der Waals surface area contributed by atoms with E-state index in [1.807, 2.05) is 53.2 Å². The molecule has 0 amide bonds. The van der Waals surface area contributed by atoms with Crippen molar-refractivity contribution in [3.05, 3.63) is 89.3 Å². The Balaban J connectivity index is 1.73. The van der Waals surface area contributed by atoms with Crippen LogP contribution in [0.1, 0.15) is 48.2 Å². The van der Waals surface area contributed by atoms with Gasteiger partial charge in [0.2, 0.25) is 0 Å². The van der Waals surface area contributed by atoms with Crippen LogP contribution < -0.4 is 0 Å². The average Bonchev–Trinajstić information content (AvgIpc) is 3.11. The van der Waals surface area contributed by atoms with E-state index in [0.29, 0.717) is 6.54 Å². The summed E-state index contributed by atoms with van der Waals surface area (Å²) in [5.74, 6) is 6.62. The highest BCUT2D eigenvalue weighted by molar-refractivity contribution is 5.67. The summed E-state index contributed by atoms with van der Waals surface area (Å²) in [4.78, 5) is 0. The van der Waals surface area contributed by atoms with Gasteiger partial charge in [0, 0.05) is 5.56 Å². The van der Waals surface area contributed by atoms with Crippen LogP contribution in [0.15, 0.2) is 66.7 Å². The van der Waals surface area contributed by atoms with E-state index in [-0.39, 0.29) is 0 Å². The van der Waals surface area contributed by atoms with Crippen LogP contribution in [-0.4, -0.2) is 15.0 Å². The summed E-state index contributed by atoms with van der Waals surface area (Å²) >= 11 is 0. The Hall–Kier alpha value is -3.12. The van der Waals surface area contributed by atoms with Gasteiger partial charge >= 0.3 is 0 Å². The first-order valence-corrected chi connectivity index (χ1v) is 9.14. The van der Waals surface area contributed by atoms with Crippen LogP contribution in [-0.2, 0) is 6.54 Å². The van der Waals surface area contributed by atoms with Crippen molar-refractivity contribution in [1.29, 1.82) is 0 Å². The molecule has 0 aliphatic heterocycles. The molecule has 0 unspecified atom stereocenters. The van der Waals surface area contributed by atoms with E-state index in [9.17, 15) is 0 Å². The summed E-state index contributed by atoms with van der Waals surface area (Å²) in [5.41, 5.74) is 5.34. The maximum Gasteiger partial charge on any atom is 0.139 e. The second-order valence-electron chi connectivity index (χ2n) is 6.52. The highest BCUT2D eigenvalue weighted by atomic mass is 15.4. The molecule has 1 aromatic heterocycles. The fourth-order valence-corrected chi connectivity index (χ4v) is 3.23. The third-order valence-electron chi connectivity index (χ3n) is 4.60. The van der Waals surface area contributed by atoms with Gasteiger partial charge in [-0.25, -0.2) is 4.68 Å². The van der Waals surface area contributed by atoms with Gasteiger partial charge < -0.3 is 0 Å². The van der Waals surface area contributed by atoms with Crippen molar-refractivity contribution in [1.82, 2.24) is 15.0 Å². The predicted octanol–water partition coefficient (Wildman–Crippen LogP) is 4.68. The van der Waals surface area contributed by atoms with Crippen molar-refractivity contribution in [3.8, 4) is 11.8 Å². The van der Waals surface area contributed by atoms with E-state index in [4.69, 9.17) is 0 Å². The number of aromatic nitrogens is 3. The van der Waals surface area contributed by atoms with Crippen LogP contribution in [0.5, 0.6) is 0 Å². The molecule has 1 aliphatic carbocycles. The molecule has 2 aromatic carbocycles. The third-order valence-corrected chi connectivity index (χ3v) is 4.60. The van der Waals surface area contributed by atoms with E-state index in [0.717, 1.165) is 29.8 Å². The fraction of sp³-hybridized carbons (Fsp3) is 0.217. The molecule has 0 saturated carbocycles. The Kier molecular flexibility index (Phi) is 4.93. The van der Waals surface area contributed by atoms with Crippen molar-refractivity contribution < 1.29 is 0 Å². The smallest absolute Gasteiger partial charge is 0.139 e. The van der Waals surface area contributed by atoms with Gasteiger partial charge in [-0.2, -0.15) is 0 Å². The maximum atomic E-state index is 4.49.